The van der Waals surface area contributed by atoms with Gasteiger partial charge in [0.1, 0.15) is 5.84 Å². The summed E-state index contributed by atoms with van der Waals surface area (Å²) in [6, 6.07) is 12.3. The number of halogens is 1. The fourth-order valence-electron chi connectivity index (χ4n) is 2.39. The molecule has 0 fully saturated rings. The molecule has 0 amide bonds. The van der Waals surface area contributed by atoms with Gasteiger partial charge in [-0.25, -0.2) is 0 Å². The second-order valence-electron chi connectivity index (χ2n) is 5.29. The summed E-state index contributed by atoms with van der Waals surface area (Å²) in [6.07, 6.45) is 1.44. The van der Waals surface area contributed by atoms with Gasteiger partial charge in [-0.1, -0.05) is 46.8 Å². The first-order valence-corrected chi connectivity index (χ1v) is 8.11. The minimum Gasteiger partial charge on any atom is -0.339 e. The minimum atomic E-state index is 0.274. The van der Waals surface area contributed by atoms with Crippen LogP contribution in [0.5, 0.6) is 0 Å². The zero-order chi connectivity index (χ0) is 17.0. The second kappa shape index (κ2) is 7.38. The molecule has 0 unspecified atom stereocenters. The molecule has 0 saturated heterocycles. The first-order chi connectivity index (χ1) is 11.0. The molecule has 0 spiro atoms. The summed E-state index contributed by atoms with van der Waals surface area (Å²) in [6.45, 7) is 9.51. The number of hydrogen-bond acceptors (Lipinski definition) is 2. The average molecular weight is 370 g/mol. The Bertz CT molecular complexity index is 791. The van der Waals surface area contributed by atoms with Gasteiger partial charge in [-0.2, -0.15) is 0 Å². The van der Waals surface area contributed by atoms with Gasteiger partial charge in [0.15, 0.2) is 0 Å². The highest BCUT2D eigenvalue weighted by atomic mass is 79.9. The van der Waals surface area contributed by atoms with Gasteiger partial charge in [-0.3, -0.25) is 10.4 Å². The predicted octanol–water partition coefficient (Wildman–Crippen LogP) is 5.73. The van der Waals surface area contributed by atoms with Gasteiger partial charge < -0.3 is 5.32 Å². The molecule has 0 bridgehead atoms. The normalized spacial score (nSPS) is 11.2. The molecule has 0 aliphatic carbocycles. The van der Waals surface area contributed by atoms with Gasteiger partial charge in [0.2, 0.25) is 0 Å². The molecule has 0 heterocycles. The van der Waals surface area contributed by atoms with Crippen molar-refractivity contribution >= 4 is 33.2 Å². The summed E-state index contributed by atoms with van der Waals surface area (Å²) in [5, 5.41) is 11.2. The van der Waals surface area contributed by atoms with E-state index in [1.165, 1.54) is 17.3 Å². The highest BCUT2D eigenvalue weighted by Crippen LogP contribution is 2.33. The third kappa shape index (κ3) is 3.77. The molecule has 2 aromatic carbocycles. The number of rotatable bonds is 4. The molecule has 0 aliphatic heterocycles. The van der Waals surface area contributed by atoms with Gasteiger partial charge in [0.05, 0.1) is 5.71 Å². The molecule has 2 N–H and O–H groups in total. The Labute approximate surface area is 145 Å². The van der Waals surface area contributed by atoms with Crippen molar-refractivity contribution in [3.63, 3.8) is 0 Å². The Morgan fingerprint density at radius 2 is 1.74 bits per heavy atom. The number of amidine groups is 1. The van der Waals surface area contributed by atoms with Gasteiger partial charge in [-0.05, 0) is 55.2 Å². The van der Waals surface area contributed by atoms with Crippen molar-refractivity contribution in [3.8, 4) is 11.1 Å². The quantitative estimate of drug-likeness (QED) is 0.524. The Morgan fingerprint density at radius 1 is 1.13 bits per heavy atom. The van der Waals surface area contributed by atoms with Crippen LogP contribution in [0.2, 0.25) is 0 Å². The second-order valence-corrected chi connectivity index (χ2v) is 6.14. The molecular formula is C19H20BrN3. The number of aliphatic imine (C=N–C) groups is 1. The van der Waals surface area contributed by atoms with Gasteiger partial charge in [-0.15, -0.1) is 0 Å². The minimum absolute atomic E-state index is 0.274. The number of benzene rings is 2. The maximum atomic E-state index is 8.09. The Morgan fingerprint density at radius 3 is 2.39 bits per heavy atom. The zero-order valence-corrected chi connectivity index (χ0v) is 15.2. The summed E-state index contributed by atoms with van der Waals surface area (Å²) in [5.41, 5.74) is 6.15. The van der Waals surface area contributed by atoms with Crippen LogP contribution in [0.15, 0.2) is 58.6 Å². The van der Waals surface area contributed by atoms with E-state index in [4.69, 9.17) is 5.41 Å². The first kappa shape index (κ1) is 17.2. The molecule has 0 radical (unpaired) electrons. The third-order valence-corrected chi connectivity index (χ3v) is 4.66. The van der Waals surface area contributed by atoms with E-state index in [-0.39, 0.29) is 5.84 Å². The Hall–Kier alpha value is -2.20. The van der Waals surface area contributed by atoms with Crippen LogP contribution in [-0.2, 0) is 0 Å². The van der Waals surface area contributed by atoms with E-state index in [9.17, 15) is 0 Å². The molecule has 23 heavy (non-hydrogen) atoms. The summed E-state index contributed by atoms with van der Waals surface area (Å²) < 4.78 is 1.09. The van der Waals surface area contributed by atoms with Crippen LogP contribution >= 0.6 is 15.9 Å². The fraction of sp³-hybridized carbons (Fsp3) is 0.158. The number of hydrogen-bond donors (Lipinski definition) is 2. The summed E-state index contributed by atoms with van der Waals surface area (Å²) in [7, 11) is 0. The highest BCUT2D eigenvalue weighted by molar-refractivity contribution is 9.10. The third-order valence-electron chi connectivity index (χ3n) is 3.80. The molecular weight excluding hydrogens is 350 g/mol. The van der Waals surface area contributed by atoms with Crippen molar-refractivity contribution < 1.29 is 0 Å². The van der Waals surface area contributed by atoms with Crippen molar-refractivity contribution in [1.29, 1.82) is 5.41 Å². The molecule has 2 aromatic rings. The lowest BCUT2D eigenvalue weighted by molar-refractivity contribution is 1.38. The van der Waals surface area contributed by atoms with Crippen molar-refractivity contribution in [1.82, 2.24) is 0 Å². The SMILES string of the molecule is C=C/N=C(\C)C(=N)Nc1cccc(-c2cccc(Br)c2C)c1C. The molecule has 118 valence electrons. The topological polar surface area (TPSA) is 48.2 Å². The first-order valence-electron chi connectivity index (χ1n) is 7.32. The molecule has 0 aliphatic rings. The highest BCUT2D eigenvalue weighted by Gasteiger charge is 2.11. The smallest absolute Gasteiger partial charge is 0.144 e. The molecule has 2 rings (SSSR count). The molecule has 4 heteroatoms. The largest absolute Gasteiger partial charge is 0.339 e. The van der Waals surface area contributed by atoms with Crippen LogP contribution in [0.1, 0.15) is 18.1 Å². The van der Waals surface area contributed by atoms with Crippen molar-refractivity contribution in [2.75, 3.05) is 5.32 Å². The van der Waals surface area contributed by atoms with Crippen molar-refractivity contribution in [2.45, 2.75) is 20.8 Å². The van der Waals surface area contributed by atoms with Gasteiger partial charge in [0, 0.05) is 16.4 Å². The number of nitrogens with one attached hydrogen (secondary N) is 2. The summed E-state index contributed by atoms with van der Waals surface area (Å²) in [4.78, 5) is 4.04. The van der Waals surface area contributed by atoms with E-state index in [2.05, 4.69) is 58.8 Å². The Balaban J connectivity index is 2.43. The lowest BCUT2D eigenvalue weighted by Gasteiger charge is -2.16. The summed E-state index contributed by atoms with van der Waals surface area (Å²) >= 11 is 3.59. The molecule has 0 saturated carbocycles. The standard InChI is InChI=1S/C19H20BrN3/c1-5-22-14(4)19(21)23-18-11-7-9-16(13(18)3)15-8-6-10-17(20)12(15)2/h5-11H,1H2,2-4H3,(H2,21,23)/b22-14+. The van der Waals surface area contributed by atoms with E-state index >= 15 is 0 Å². The lowest BCUT2D eigenvalue weighted by Crippen LogP contribution is -2.19. The van der Waals surface area contributed by atoms with E-state index < -0.39 is 0 Å². The fourth-order valence-corrected chi connectivity index (χ4v) is 2.75. The molecule has 0 aromatic heterocycles. The average Bonchev–Trinajstić information content (AvgIpc) is 2.52. The number of anilines is 1. The van der Waals surface area contributed by atoms with Crippen LogP contribution in [0.25, 0.3) is 11.1 Å². The molecule has 0 atom stereocenters. The predicted molar refractivity (Wildman–Crippen MR) is 104 cm³/mol. The van der Waals surface area contributed by atoms with Crippen molar-refractivity contribution in [2.24, 2.45) is 4.99 Å². The van der Waals surface area contributed by atoms with Crippen LogP contribution < -0.4 is 5.32 Å². The van der Waals surface area contributed by atoms with Crippen LogP contribution in [0, 0.1) is 19.3 Å². The van der Waals surface area contributed by atoms with E-state index in [1.54, 1.807) is 6.92 Å². The number of nitrogens with zero attached hydrogens (tertiary/aromatic N) is 1. The van der Waals surface area contributed by atoms with Crippen molar-refractivity contribution in [3.05, 3.63) is 64.8 Å². The van der Waals surface area contributed by atoms with Crippen LogP contribution in [0.4, 0.5) is 5.69 Å². The monoisotopic (exact) mass is 369 g/mol. The van der Waals surface area contributed by atoms with Gasteiger partial charge >= 0.3 is 0 Å². The lowest BCUT2D eigenvalue weighted by atomic mass is 9.95. The molecule has 3 nitrogen and oxygen atoms in total. The van der Waals surface area contributed by atoms with Crippen LogP contribution in [0.3, 0.4) is 0 Å². The maximum Gasteiger partial charge on any atom is 0.144 e. The zero-order valence-electron chi connectivity index (χ0n) is 13.6. The Kier molecular flexibility index (Phi) is 5.50. The van der Waals surface area contributed by atoms with Gasteiger partial charge in [0.25, 0.3) is 0 Å². The van der Waals surface area contributed by atoms with E-state index in [1.807, 2.05) is 24.3 Å². The van der Waals surface area contributed by atoms with E-state index in [0.717, 1.165) is 21.3 Å². The van der Waals surface area contributed by atoms with E-state index in [0.29, 0.717) is 5.71 Å². The maximum absolute atomic E-state index is 8.09. The summed E-state index contributed by atoms with van der Waals surface area (Å²) in [5.74, 6) is 0.274. The van der Waals surface area contributed by atoms with Crippen LogP contribution in [-0.4, -0.2) is 11.5 Å².